The Bertz CT molecular complexity index is 760. The molecule has 0 spiro atoms. The van der Waals surface area contributed by atoms with E-state index >= 15 is 0 Å². The second kappa shape index (κ2) is 7.84. The minimum absolute atomic E-state index is 0.107. The maximum absolute atomic E-state index is 12.4. The molecule has 2 amide bonds. The maximum Gasteiger partial charge on any atom is 0.255 e. The van der Waals surface area contributed by atoms with Crippen LogP contribution in [0.15, 0.2) is 42.5 Å². The molecule has 0 aliphatic heterocycles. The minimum atomic E-state index is -0.323. The van der Waals surface area contributed by atoms with Gasteiger partial charge in [-0.25, -0.2) is 0 Å². The summed E-state index contributed by atoms with van der Waals surface area (Å²) in [6.07, 6.45) is 0. The third kappa shape index (κ3) is 4.49. The molecule has 6 heteroatoms. The zero-order valence-electron chi connectivity index (χ0n) is 13.7. The van der Waals surface area contributed by atoms with Crippen molar-refractivity contribution in [3.63, 3.8) is 0 Å². The number of rotatable bonds is 5. The number of benzene rings is 2. The molecule has 0 aliphatic rings. The van der Waals surface area contributed by atoms with Gasteiger partial charge in [0.15, 0.2) is 0 Å². The van der Waals surface area contributed by atoms with E-state index in [1.807, 2.05) is 0 Å². The molecule has 0 fully saturated rings. The van der Waals surface area contributed by atoms with Gasteiger partial charge in [0.2, 0.25) is 5.91 Å². The summed E-state index contributed by atoms with van der Waals surface area (Å²) in [6, 6.07) is 11.7. The minimum Gasteiger partial charge on any atom is -0.495 e. The third-order valence-corrected chi connectivity index (χ3v) is 3.56. The first kappa shape index (κ1) is 17.8. The lowest BCUT2D eigenvalue weighted by Crippen LogP contribution is -2.18. The summed E-state index contributed by atoms with van der Waals surface area (Å²) in [4.78, 5) is 24.2. The number of anilines is 2. The number of ether oxygens (including phenoxy) is 1. The molecule has 0 radical (unpaired) electrons. The molecule has 0 atom stereocenters. The first-order valence-electron chi connectivity index (χ1n) is 7.46. The second-order valence-electron chi connectivity index (χ2n) is 5.52. The summed E-state index contributed by atoms with van der Waals surface area (Å²) in [6.45, 7) is 3.61. The van der Waals surface area contributed by atoms with Gasteiger partial charge in [-0.2, -0.15) is 0 Å². The number of carbonyl (C=O) groups is 2. The van der Waals surface area contributed by atoms with Crippen molar-refractivity contribution in [2.24, 2.45) is 5.92 Å². The van der Waals surface area contributed by atoms with Gasteiger partial charge in [0.05, 0.1) is 12.8 Å². The smallest absolute Gasteiger partial charge is 0.255 e. The van der Waals surface area contributed by atoms with Crippen LogP contribution in [0.1, 0.15) is 24.2 Å². The van der Waals surface area contributed by atoms with E-state index in [0.717, 1.165) is 0 Å². The number of methoxy groups -OCH3 is 1. The summed E-state index contributed by atoms with van der Waals surface area (Å²) in [5, 5.41) is 6.02. The molecule has 0 aromatic heterocycles. The average Bonchev–Trinajstić information content (AvgIpc) is 2.55. The molecule has 24 heavy (non-hydrogen) atoms. The molecule has 126 valence electrons. The third-order valence-electron chi connectivity index (χ3n) is 3.33. The van der Waals surface area contributed by atoms with Gasteiger partial charge in [-0.15, -0.1) is 0 Å². The summed E-state index contributed by atoms with van der Waals surface area (Å²) in [5.41, 5.74) is 1.46. The van der Waals surface area contributed by atoms with E-state index in [1.165, 1.54) is 7.11 Å². The molecular formula is C18H19ClN2O3. The number of halogens is 1. The van der Waals surface area contributed by atoms with Gasteiger partial charge < -0.3 is 15.4 Å². The first-order chi connectivity index (χ1) is 11.4. The van der Waals surface area contributed by atoms with Gasteiger partial charge in [0.1, 0.15) is 5.75 Å². The molecule has 2 aromatic rings. The highest BCUT2D eigenvalue weighted by Gasteiger charge is 2.12. The van der Waals surface area contributed by atoms with Crippen LogP contribution in [0, 0.1) is 5.92 Å². The fraction of sp³-hybridized carbons (Fsp3) is 0.222. The van der Waals surface area contributed by atoms with Crippen molar-refractivity contribution < 1.29 is 14.3 Å². The van der Waals surface area contributed by atoms with Crippen molar-refractivity contribution >= 4 is 34.8 Å². The molecule has 0 bridgehead atoms. The van der Waals surface area contributed by atoms with Gasteiger partial charge in [-0.3, -0.25) is 9.59 Å². The average molecular weight is 347 g/mol. The molecule has 0 saturated heterocycles. The van der Waals surface area contributed by atoms with Gasteiger partial charge in [-0.1, -0.05) is 31.5 Å². The molecule has 5 nitrogen and oxygen atoms in total. The van der Waals surface area contributed by atoms with E-state index in [1.54, 1.807) is 56.3 Å². The molecule has 0 aliphatic carbocycles. The van der Waals surface area contributed by atoms with Crippen molar-refractivity contribution in [3.05, 3.63) is 53.1 Å². The Balaban J connectivity index is 2.19. The van der Waals surface area contributed by atoms with Crippen molar-refractivity contribution in [1.29, 1.82) is 0 Å². The topological polar surface area (TPSA) is 67.4 Å². The van der Waals surface area contributed by atoms with Gasteiger partial charge in [0.25, 0.3) is 5.91 Å². The van der Waals surface area contributed by atoms with E-state index in [2.05, 4.69) is 10.6 Å². The summed E-state index contributed by atoms with van der Waals surface area (Å²) >= 11 is 5.96. The van der Waals surface area contributed by atoms with Crippen molar-refractivity contribution in [1.82, 2.24) is 0 Å². The second-order valence-corrected chi connectivity index (χ2v) is 5.96. The summed E-state index contributed by atoms with van der Waals surface area (Å²) in [7, 11) is 1.51. The molecule has 2 N–H and O–H groups in total. The Morgan fingerprint density at radius 3 is 2.50 bits per heavy atom. The fourth-order valence-electron chi connectivity index (χ4n) is 2.00. The zero-order valence-corrected chi connectivity index (χ0v) is 14.5. The maximum atomic E-state index is 12.4. The summed E-state index contributed by atoms with van der Waals surface area (Å²) in [5.74, 6) is -0.0597. The van der Waals surface area contributed by atoms with E-state index in [-0.39, 0.29) is 17.7 Å². The standard InChI is InChI=1S/C18H19ClN2O3/c1-11(2)17(22)20-14-6-4-5-12(9-14)18(23)21-15-10-13(19)7-8-16(15)24-3/h4-11H,1-3H3,(H,20,22)(H,21,23). The molecule has 2 rings (SSSR count). The lowest BCUT2D eigenvalue weighted by Gasteiger charge is -2.12. The molecule has 2 aromatic carbocycles. The normalized spacial score (nSPS) is 10.4. The van der Waals surface area contributed by atoms with Gasteiger partial charge in [0, 0.05) is 22.2 Å². The quantitative estimate of drug-likeness (QED) is 0.852. The van der Waals surface area contributed by atoms with Crippen LogP contribution in [0.2, 0.25) is 5.02 Å². The van der Waals surface area contributed by atoms with E-state index < -0.39 is 0 Å². The predicted octanol–water partition coefficient (Wildman–Crippen LogP) is 4.20. The summed E-state index contributed by atoms with van der Waals surface area (Å²) < 4.78 is 5.21. The number of amides is 2. The molecule has 0 unspecified atom stereocenters. The Morgan fingerprint density at radius 2 is 1.83 bits per heavy atom. The Kier molecular flexibility index (Phi) is 5.82. The van der Waals surface area contributed by atoms with E-state index in [0.29, 0.717) is 27.7 Å². The molecular weight excluding hydrogens is 328 g/mol. The monoisotopic (exact) mass is 346 g/mol. The number of nitrogens with one attached hydrogen (secondary N) is 2. The van der Waals surface area contributed by atoms with E-state index in [4.69, 9.17) is 16.3 Å². The zero-order chi connectivity index (χ0) is 17.7. The highest BCUT2D eigenvalue weighted by molar-refractivity contribution is 6.31. The Morgan fingerprint density at radius 1 is 1.08 bits per heavy atom. The van der Waals surface area contributed by atoms with Crippen molar-refractivity contribution in [3.8, 4) is 5.75 Å². The Hall–Kier alpha value is -2.53. The lowest BCUT2D eigenvalue weighted by molar-refractivity contribution is -0.118. The predicted molar refractivity (Wildman–Crippen MR) is 95.9 cm³/mol. The highest BCUT2D eigenvalue weighted by Crippen LogP contribution is 2.28. The number of hydrogen-bond acceptors (Lipinski definition) is 3. The van der Waals surface area contributed by atoms with Crippen LogP contribution in [0.5, 0.6) is 5.75 Å². The van der Waals surface area contributed by atoms with Crippen molar-refractivity contribution in [2.75, 3.05) is 17.7 Å². The van der Waals surface area contributed by atoms with Crippen LogP contribution in [0.4, 0.5) is 11.4 Å². The Labute approximate surface area is 146 Å². The molecule has 0 heterocycles. The number of carbonyl (C=O) groups excluding carboxylic acids is 2. The van der Waals surface area contributed by atoms with Crippen LogP contribution in [0.3, 0.4) is 0 Å². The molecule has 0 saturated carbocycles. The SMILES string of the molecule is COc1ccc(Cl)cc1NC(=O)c1cccc(NC(=O)C(C)C)c1. The largest absolute Gasteiger partial charge is 0.495 e. The number of hydrogen-bond donors (Lipinski definition) is 2. The van der Waals surface area contributed by atoms with Crippen molar-refractivity contribution in [2.45, 2.75) is 13.8 Å². The fourth-order valence-corrected chi connectivity index (χ4v) is 2.17. The van der Waals surface area contributed by atoms with Gasteiger partial charge >= 0.3 is 0 Å². The lowest BCUT2D eigenvalue weighted by atomic mass is 10.1. The highest BCUT2D eigenvalue weighted by atomic mass is 35.5. The van der Waals surface area contributed by atoms with E-state index in [9.17, 15) is 9.59 Å². The van der Waals surface area contributed by atoms with Crippen LogP contribution in [0.25, 0.3) is 0 Å². The van der Waals surface area contributed by atoms with Gasteiger partial charge in [-0.05, 0) is 36.4 Å². The first-order valence-corrected chi connectivity index (χ1v) is 7.84. The van der Waals surface area contributed by atoms with Crippen LogP contribution >= 0.6 is 11.6 Å². The van der Waals surface area contributed by atoms with Crippen LogP contribution in [-0.4, -0.2) is 18.9 Å². The van der Waals surface area contributed by atoms with Crippen LogP contribution in [-0.2, 0) is 4.79 Å². The van der Waals surface area contributed by atoms with Crippen LogP contribution < -0.4 is 15.4 Å².